The van der Waals surface area contributed by atoms with Gasteiger partial charge in [-0.2, -0.15) is 0 Å². The minimum absolute atomic E-state index is 0.140. The number of phenolic OH excluding ortho intramolecular Hbond substituents is 1. The lowest BCUT2D eigenvalue weighted by atomic mass is 9.77. The number of pyridine rings is 1. The zero-order valence-electron chi connectivity index (χ0n) is 38.2. The van der Waals surface area contributed by atoms with E-state index < -0.39 is 0 Å². The van der Waals surface area contributed by atoms with E-state index in [1.807, 2.05) is 24.4 Å². The van der Waals surface area contributed by atoms with Gasteiger partial charge in [-0.15, -0.1) is 0 Å². The lowest BCUT2D eigenvalue weighted by Gasteiger charge is -2.26. The van der Waals surface area contributed by atoms with Crippen LogP contribution in [0.5, 0.6) is 5.75 Å². The molecule has 0 spiro atoms. The number of nitrogens with zero attached hydrogens (tertiary/aromatic N) is 3. The zero-order valence-corrected chi connectivity index (χ0v) is 38.2. The molecule has 1 N–H and O–H groups in total. The van der Waals surface area contributed by atoms with E-state index in [0.29, 0.717) is 11.4 Å². The van der Waals surface area contributed by atoms with Crippen molar-refractivity contribution in [3.8, 4) is 67.5 Å². The zero-order chi connectivity index (χ0) is 44.7. The highest BCUT2D eigenvalue weighted by molar-refractivity contribution is 5.97. The Hall–Kier alpha value is -7.04. The van der Waals surface area contributed by atoms with Crippen molar-refractivity contribution in [3.05, 3.63) is 204 Å². The van der Waals surface area contributed by atoms with Gasteiger partial charge in [0.05, 0.1) is 28.0 Å². The second-order valence-corrected chi connectivity index (χ2v) is 19.6. The highest BCUT2D eigenvalue weighted by Crippen LogP contribution is 2.43. The molecule has 1 fully saturated rings. The SMILES string of the molecule is CC(C)(C)c1cc(-c2cc(-c3cccc(C(C)(C)c4ccccc4)c3)ccn2)cc(-c2cccc3c2nc(-c2ccccc2O)n3-c2ccc(CC3CCCC3)cc2-c2ccccc2)c1. The molecular weight excluding hydrogens is 791 g/mol. The van der Waals surface area contributed by atoms with Gasteiger partial charge in [0.25, 0.3) is 0 Å². The van der Waals surface area contributed by atoms with E-state index in [9.17, 15) is 5.11 Å². The Morgan fingerprint density at radius 3 is 1.95 bits per heavy atom. The maximum absolute atomic E-state index is 11.5. The van der Waals surface area contributed by atoms with Gasteiger partial charge >= 0.3 is 0 Å². The minimum atomic E-state index is -0.155. The molecule has 322 valence electrons. The molecule has 1 aliphatic carbocycles. The standard InChI is InChI=1S/C61H57N3O/c1-60(2,3)50-38-46(36-47(39-50)54-40-45(32-33-62-54)44-22-16-25-49(37-44)61(4,5)48-23-10-7-11-24-48)51-27-17-28-56-58(51)63-59(52-26-14-15-29-57(52)65)64(56)55-31-30-42(34-41-18-12-13-19-41)35-53(55)43-20-8-6-9-21-43/h6-11,14-17,20-33,35-41,65H,12-13,18-19,34H2,1-5H3. The Labute approximate surface area is 384 Å². The highest BCUT2D eigenvalue weighted by atomic mass is 16.3. The molecule has 65 heavy (non-hydrogen) atoms. The number of para-hydroxylation sites is 2. The molecule has 0 aliphatic heterocycles. The summed E-state index contributed by atoms with van der Waals surface area (Å²) < 4.78 is 2.27. The molecule has 0 amide bonds. The van der Waals surface area contributed by atoms with Crippen molar-refractivity contribution in [2.75, 3.05) is 0 Å². The summed E-state index contributed by atoms with van der Waals surface area (Å²) in [6.07, 6.45) is 8.28. The second-order valence-electron chi connectivity index (χ2n) is 19.6. The first-order valence-electron chi connectivity index (χ1n) is 23.3. The summed E-state index contributed by atoms with van der Waals surface area (Å²) in [4.78, 5) is 10.5. The van der Waals surface area contributed by atoms with E-state index in [-0.39, 0.29) is 16.6 Å². The molecule has 2 aromatic heterocycles. The highest BCUT2D eigenvalue weighted by Gasteiger charge is 2.26. The third kappa shape index (κ3) is 8.30. The van der Waals surface area contributed by atoms with Gasteiger partial charge in [0.2, 0.25) is 0 Å². The topological polar surface area (TPSA) is 50.9 Å². The number of fused-ring (bicyclic) bond motifs is 1. The van der Waals surface area contributed by atoms with Crippen LogP contribution in [-0.2, 0) is 17.3 Å². The van der Waals surface area contributed by atoms with Crippen LogP contribution in [0.2, 0.25) is 0 Å². The number of imidazole rings is 1. The van der Waals surface area contributed by atoms with Crippen LogP contribution >= 0.6 is 0 Å². The van der Waals surface area contributed by atoms with Gasteiger partial charge in [0.15, 0.2) is 0 Å². The molecule has 0 atom stereocenters. The lowest BCUT2D eigenvalue weighted by Crippen LogP contribution is -2.18. The van der Waals surface area contributed by atoms with E-state index in [4.69, 9.17) is 9.97 Å². The molecular formula is C61H57N3O. The Morgan fingerprint density at radius 2 is 1.18 bits per heavy atom. The third-order valence-electron chi connectivity index (χ3n) is 13.8. The van der Waals surface area contributed by atoms with Crippen LogP contribution < -0.4 is 0 Å². The maximum atomic E-state index is 11.5. The van der Waals surface area contributed by atoms with Gasteiger partial charge in [-0.3, -0.25) is 9.55 Å². The molecule has 7 aromatic carbocycles. The average molecular weight is 848 g/mol. The predicted molar refractivity (Wildman–Crippen MR) is 271 cm³/mol. The van der Waals surface area contributed by atoms with Gasteiger partial charge in [-0.25, -0.2) is 4.98 Å². The molecule has 0 radical (unpaired) electrons. The Kier molecular flexibility index (Phi) is 11.1. The summed E-state index contributed by atoms with van der Waals surface area (Å²) in [7, 11) is 0. The normalized spacial score (nSPS) is 13.4. The predicted octanol–water partition coefficient (Wildman–Crippen LogP) is 15.8. The van der Waals surface area contributed by atoms with Gasteiger partial charge in [0.1, 0.15) is 11.6 Å². The molecule has 1 saturated carbocycles. The molecule has 2 heterocycles. The van der Waals surface area contributed by atoms with Crippen molar-refractivity contribution < 1.29 is 5.11 Å². The molecule has 4 nitrogen and oxygen atoms in total. The van der Waals surface area contributed by atoms with Crippen LogP contribution in [0, 0.1) is 5.92 Å². The molecule has 0 saturated heterocycles. The first-order chi connectivity index (χ1) is 31.5. The summed E-state index contributed by atoms with van der Waals surface area (Å²) in [5.41, 5.74) is 17.1. The quantitative estimate of drug-likeness (QED) is 0.149. The number of hydrogen-bond acceptors (Lipinski definition) is 3. The van der Waals surface area contributed by atoms with Crippen LogP contribution in [-0.4, -0.2) is 19.6 Å². The fourth-order valence-electron chi connectivity index (χ4n) is 9.96. The monoisotopic (exact) mass is 847 g/mol. The minimum Gasteiger partial charge on any atom is -0.507 e. The Bertz CT molecular complexity index is 3150. The second kappa shape index (κ2) is 17.2. The smallest absolute Gasteiger partial charge is 0.149 e. The molecule has 9 aromatic rings. The molecule has 0 unspecified atom stereocenters. The van der Waals surface area contributed by atoms with Crippen LogP contribution in [0.15, 0.2) is 182 Å². The number of hydrogen-bond donors (Lipinski definition) is 1. The Balaban J connectivity index is 1.13. The van der Waals surface area contributed by atoms with Gasteiger partial charge in [-0.1, -0.05) is 182 Å². The summed E-state index contributed by atoms with van der Waals surface area (Å²) >= 11 is 0. The van der Waals surface area contributed by atoms with Crippen LogP contribution in [0.25, 0.3) is 72.7 Å². The molecule has 10 rings (SSSR count). The van der Waals surface area contributed by atoms with Crippen LogP contribution in [0.1, 0.15) is 82.6 Å². The first-order valence-corrected chi connectivity index (χ1v) is 23.3. The van der Waals surface area contributed by atoms with Crippen molar-refractivity contribution in [1.29, 1.82) is 0 Å². The fraction of sp³-hybridized carbons (Fsp3) is 0.213. The van der Waals surface area contributed by atoms with E-state index in [1.54, 1.807) is 6.07 Å². The first kappa shape index (κ1) is 41.9. The van der Waals surface area contributed by atoms with E-state index in [2.05, 4.69) is 191 Å². The van der Waals surface area contributed by atoms with Gasteiger partial charge < -0.3 is 5.11 Å². The van der Waals surface area contributed by atoms with Crippen molar-refractivity contribution in [3.63, 3.8) is 0 Å². The number of phenols is 1. The summed E-state index contributed by atoms with van der Waals surface area (Å²) in [6, 6.07) is 62.7. The number of aromatic nitrogens is 3. The maximum Gasteiger partial charge on any atom is 0.149 e. The summed E-state index contributed by atoms with van der Waals surface area (Å²) in [6.45, 7) is 11.4. The van der Waals surface area contributed by atoms with E-state index >= 15 is 0 Å². The van der Waals surface area contributed by atoms with Crippen LogP contribution in [0.4, 0.5) is 0 Å². The third-order valence-corrected chi connectivity index (χ3v) is 13.8. The van der Waals surface area contributed by atoms with Crippen molar-refractivity contribution in [2.45, 2.75) is 77.6 Å². The fourth-order valence-corrected chi connectivity index (χ4v) is 9.96. The number of aromatic hydroxyl groups is 1. The average Bonchev–Trinajstić information content (AvgIpc) is 4.00. The molecule has 4 heteroatoms. The van der Waals surface area contributed by atoms with E-state index in [0.717, 1.165) is 73.7 Å². The van der Waals surface area contributed by atoms with Crippen molar-refractivity contribution in [2.24, 2.45) is 5.92 Å². The van der Waals surface area contributed by atoms with Gasteiger partial charge in [-0.05, 0) is 117 Å². The largest absolute Gasteiger partial charge is 0.507 e. The summed E-state index contributed by atoms with van der Waals surface area (Å²) in [5, 5.41) is 11.5. The lowest BCUT2D eigenvalue weighted by molar-refractivity contribution is 0.477. The van der Waals surface area contributed by atoms with Gasteiger partial charge in [0, 0.05) is 28.3 Å². The number of rotatable bonds is 10. The van der Waals surface area contributed by atoms with Crippen molar-refractivity contribution in [1.82, 2.24) is 14.5 Å². The van der Waals surface area contributed by atoms with Crippen molar-refractivity contribution >= 4 is 11.0 Å². The number of benzene rings is 7. The molecule has 1 aliphatic rings. The summed E-state index contributed by atoms with van der Waals surface area (Å²) in [5.74, 6) is 1.63. The van der Waals surface area contributed by atoms with E-state index in [1.165, 1.54) is 47.9 Å². The molecule has 0 bridgehead atoms. The Morgan fingerprint density at radius 1 is 0.538 bits per heavy atom. The van der Waals surface area contributed by atoms with Crippen LogP contribution in [0.3, 0.4) is 0 Å².